The molecule has 3 rings (SSSR count). The lowest BCUT2D eigenvalue weighted by Gasteiger charge is -2.05. The number of phenolic OH excluding ortho intramolecular Hbond substituents is 1. The van der Waals surface area contributed by atoms with Gasteiger partial charge in [-0.25, -0.2) is 5.43 Å². The van der Waals surface area contributed by atoms with Gasteiger partial charge in [0.15, 0.2) is 0 Å². The van der Waals surface area contributed by atoms with Crippen molar-refractivity contribution in [1.82, 2.24) is 15.2 Å². The molecule has 0 aliphatic heterocycles. The van der Waals surface area contributed by atoms with Crippen LogP contribution in [-0.2, 0) is 6.54 Å². The molecule has 1 aromatic heterocycles. The molecular weight excluding hydrogens is 364 g/mol. The van der Waals surface area contributed by atoms with E-state index in [4.69, 9.17) is 11.6 Å². The number of hydrogen-bond donors (Lipinski definition) is 2. The zero-order chi connectivity index (χ0) is 19.4. The van der Waals surface area contributed by atoms with Crippen LogP contribution in [0.15, 0.2) is 41.5 Å². The maximum Gasteiger partial charge on any atom is 0.275 e. The summed E-state index contributed by atoms with van der Waals surface area (Å²) in [7, 11) is 0. The van der Waals surface area contributed by atoms with Gasteiger partial charge in [-0.2, -0.15) is 10.2 Å². The number of benzene rings is 2. The van der Waals surface area contributed by atoms with Crippen LogP contribution < -0.4 is 5.43 Å². The van der Waals surface area contributed by atoms with Crippen LogP contribution in [0.2, 0.25) is 5.15 Å². The van der Waals surface area contributed by atoms with E-state index >= 15 is 0 Å². The van der Waals surface area contributed by atoms with Crippen molar-refractivity contribution in [3.63, 3.8) is 0 Å². The van der Waals surface area contributed by atoms with E-state index in [1.807, 2.05) is 31.2 Å². The van der Waals surface area contributed by atoms with E-state index in [0.717, 1.165) is 35.9 Å². The van der Waals surface area contributed by atoms with Crippen molar-refractivity contribution in [3.05, 3.63) is 58.4 Å². The number of rotatable bonds is 6. The molecule has 6 nitrogen and oxygen atoms in total. The van der Waals surface area contributed by atoms with E-state index in [0.29, 0.717) is 10.7 Å². The first-order valence-electron chi connectivity index (χ1n) is 8.79. The Balaban J connectivity index is 1.76. The quantitative estimate of drug-likeness (QED) is 0.492. The summed E-state index contributed by atoms with van der Waals surface area (Å²) in [6.07, 6.45) is 3.50. The number of aromatic nitrogens is 2. The number of aryl methyl sites for hydroxylation is 2. The molecule has 0 unspecified atom stereocenters. The van der Waals surface area contributed by atoms with Gasteiger partial charge in [-0.3, -0.25) is 9.48 Å². The van der Waals surface area contributed by atoms with Crippen LogP contribution >= 0.6 is 11.6 Å². The molecule has 0 aliphatic rings. The van der Waals surface area contributed by atoms with Gasteiger partial charge in [-0.05, 0) is 36.2 Å². The summed E-state index contributed by atoms with van der Waals surface area (Å²) in [5, 5.41) is 20.7. The Morgan fingerprint density at radius 1 is 1.33 bits per heavy atom. The number of carbonyl (C=O) groups is 1. The van der Waals surface area contributed by atoms with Gasteiger partial charge in [0.2, 0.25) is 0 Å². The number of aromatic hydroxyl groups is 1. The average Bonchev–Trinajstić information content (AvgIpc) is 2.93. The molecule has 0 aliphatic carbocycles. The van der Waals surface area contributed by atoms with E-state index in [9.17, 15) is 9.90 Å². The molecule has 0 spiro atoms. The lowest BCUT2D eigenvalue weighted by molar-refractivity contribution is 0.0952. The predicted octanol–water partition coefficient (Wildman–Crippen LogP) is 4.27. The van der Waals surface area contributed by atoms with Gasteiger partial charge < -0.3 is 5.11 Å². The van der Waals surface area contributed by atoms with Crippen LogP contribution in [0.5, 0.6) is 5.75 Å². The molecule has 1 amide bonds. The minimum absolute atomic E-state index is 0.0944. The fourth-order valence-electron chi connectivity index (χ4n) is 2.80. The molecule has 0 atom stereocenters. The van der Waals surface area contributed by atoms with Gasteiger partial charge in [0.1, 0.15) is 10.9 Å². The summed E-state index contributed by atoms with van der Waals surface area (Å²) in [5.74, 6) is -0.593. The van der Waals surface area contributed by atoms with E-state index < -0.39 is 5.91 Å². The smallest absolute Gasteiger partial charge is 0.275 e. The van der Waals surface area contributed by atoms with Crippen LogP contribution in [0.1, 0.15) is 41.4 Å². The Hall–Kier alpha value is -2.86. The van der Waals surface area contributed by atoms with Crippen molar-refractivity contribution < 1.29 is 9.90 Å². The lowest BCUT2D eigenvalue weighted by atomic mass is 10.1. The minimum Gasteiger partial charge on any atom is -0.507 e. The van der Waals surface area contributed by atoms with E-state index in [1.54, 1.807) is 16.8 Å². The van der Waals surface area contributed by atoms with Gasteiger partial charge in [0.05, 0.1) is 23.0 Å². The third kappa shape index (κ3) is 4.11. The summed E-state index contributed by atoms with van der Waals surface area (Å²) < 4.78 is 1.73. The highest BCUT2D eigenvalue weighted by Crippen LogP contribution is 2.25. The monoisotopic (exact) mass is 384 g/mol. The SMILES string of the molecule is CCCCn1nc(C)c(/C=N\NC(=O)c2cc3ccccc3cc2O)c1Cl. The molecule has 140 valence electrons. The molecule has 0 saturated heterocycles. The minimum atomic E-state index is -0.498. The lowest BCUT2D eigenvalue weighted by Crippen LogP contribution is -2.17. The first-order chi connectivity index (χ1) is 13.0. The molecule has 0 fully saturated rings. The normalized spacial score (nSPS) is 11.4. The summed E-state index contributed by atoms with van der Waals surface area (Å²) in [5.41, 5.74) is 4.00. The molecule has 7 heteroatoms. The number of fused-ring (bicyclic) bond motifs is 1. The highest BCUT2D eigenvalue weighted by atomic mass is 35.5. The van der Waals surface area contributed by atoms with Crippen LogP contribution in [0.3, 0.4) is 0 Å². The number of amides is 1. The third-order valence-corrected chi connectivity index (χ3v) is 4.70. The van der Waals surface area contributed by atoms with Crippen molar-refractivity contribution in [2.75, 3.05) is 0 Å². The van der Waals surface area contributed by atoms with Crippen LogP contribution in [0, 0.1) is 6.92 Å². The molecule has 2 N–H and O–H groups in total. The standard InChI is InChI=1S/C20H21ClN4O2/c1-3-4-9-25-19(21)17(13(2)24-25)12-22-23-20(27)16-10-14-7-5-6-8-15(14)11-18(16)26/h5-8,10-12,26H,3-4,9H2,1-2H3,(H,23,27)/b22-12-. The summed E-state index contributed by atoms with van der Waals surface area (Å²) in [6, 6.07) is 10.7. The topological polar surface area (TPSA) is 79.5 Å². The van der Waals surface area contributed by atoms with Crippen molar-refractivity contribution in [2.24, 2.45) is 5.10 Å². The number of halogens is 1. The van der Waals surface area contributed by atoms with Crippen LogP contribution in [0.25, 0.3) is 10.8 Å². The van der Waals surface area contributed by atoms with Gasteiger partial charge in [0, 0.05) is 6.54 Å². The maximum atomic E-state index is 12.4. The number of nitrogens with zero attached hydrogens (tertiary/aromatic N) is 3. The molecule has 0 bridgehead atoms. The predicted molar refractivity (Wildman–Crippen MR) is 108 cm³/mol. The Morgan fingerprint density at radius 3 is 2.74 bits per heavy atom. The number of carbonyl (C=O) groups excluding carboxylic acids is 1. The fourth-order valence-corrected chi connectivity index (χ4v) is 3.10. The molecule has 0 radical (unpaired) electrons. The van der Waals surface area contributed by atoms with Gasteiger partial charge in [-0.1, -0.05) is 49.2 Å². The summed E-state index contributed by atoms with van der Waals surface area (Å²) in [4.78, 5) is 12.4. The van der Waals surface area contributed by atoms with Gasteiger partial charge in [-0.15, -0.1) is 0 Å². The molecule has 1 heterocycles. The van der Waals surface area contributed by atoms with Crippen molar-refractivity contribution in [3.8, 4) is 5.75 Å². The van der Waals surface area contributed by atoms with Gasteiger partial charge in [0.25, 0.3) is 5.91 Å². The Bertz CT molecular complexity index is 1010. The van der Waals surface area contributed by atoms with E-state index in [-0.39, 0.29) is 11.3 Å². The second-order valence-electron chi connectivity index (χ2n) is 6.28. The number of nitrogens with one attached hydrogen (secondary N) is 1. The zero-order valence-electron chi connectivity index (χ0n) is 15.2. The van der Waals surface area contributed by atoms with Crippen molar-refractivity contribution >= 4 is 34.5 Å². The summed E-state index contributed by atoms with van der Waals surface area (Å²) in [6.45, 7) is 4.68. The van der Waals surface area contributed by atoms with Gasteiger partial charge >= 0.3 is 0 Å². The number of unbranched alkanes of at least 4 members (excludes halogenated alkanes) is 1. The highest BCUT2D eigenvalue weighted by Gasteiger charge is 2.13. The van der Waals surface area contributed by atoms with Crippen LogP contribution in [-0.4, -0.2) is 27.0 Å². The zero-order valence-corrected chi connectivity index (χ0v) is 16.0. The highest BCUT2D eigenvalue weighted by molar-refractivity contribution is 6.32. The second-order valence-corrected chi connectivity index (χ2v) is 6.64. The number of phenols is 1. The largest absolute Gasteiger partial charge is 0.507 e. The summed E-state index contributed by atoms with van der Waals surface area (Å²) >= 11 is 6.34. The number of hydrazone groups is 1. The Labute approximate surface area is 162 Å². The average molecular weight is 385 g/mol. The van der Waals surface area contributed by atoms with Crippen LogP contribution in [0.4, 0.5) is 0 Å². The van der Waals surface area contributed by atoms with Crippen molar-refractivity contribution in [1.29, 1.82) is 0 Å². The van der Waals surface area contributed by atoms with E-state index in [2.05, 4.69) is 22.5 Å². The molecule has 27 heavy (non-hydrogen) atoms. The Morgan fingerprint density at radius 2 is 2.04 bits per heavy atom. The Kier molecular flexibility index (Phi) is 5.76. The van der Waals surface area contributed by atoms with Crippen molar-refractivity contribution in [2.45, 2.75) is 33.2 Å². The number of hydrogen-bond acceptors (Lipinski definition) is 4. The fraction of sp³-hybridized carbons (Fsp3) is 0.250. The van der Waals surface area contributed by atoms with E-state index in [1.165, 1.54) is 6.21 Å². The first-order valence-corrected chi connectivity index (χ1v) is 9.17. The third-order valence-electron chi connectivity index (χ3n) is 4.30. The maximum absolute atomic E-state index is 12.4. The molecular formula is C20H21ClN4O2. The second kappa shape index (κ2) is 8.22. The molecule has 3 aromatic rings. The first kappa shape index (κ1) is 18.9. The molecule has 2 aromatic carbocycles. The molecule has 0 saturated carbocycles.